The lowest BCUT2D eigenvalue weighted by Gasteiger charge is -1.88. The summed E-state index contributed by atoms with van der Waals surface area (Å²) in [6, 6.07) is 0. The molecule has 1 heterocycles. The van der Waals surface area contributed by atoms with Gasteiger partial charge in [-0.15, -0.1) is 0 Å². The summed E-state index contributed by atoms with van der Waals surface area (Å²) in [6.07, 6.45) is 1.62. The van der Waals surface area contributed by atoms with Crippen molar-refractivity contribution in [2.45, 2.75) is 6.92 Å². The topological polar surface area (TPSA) is 45.8 Å². The van der Waals surface area contributed by atoms with Gasteiger partial charge in [0.25, 0.3) is 5.56 Å². The number of nitrogens with one attached hydrogen (secondary N) is 1. The van der Waals surface area contributed by atoms with Gasteiger partial charge in [-0.1, -0.05) is 0 Å². The van der Waals surface area contributed by atoms with Gasteiger partial charge in [-0.25, -0.2) is 0 Å². The highest BCUT2D eigenvalue weighted by Gasteiger charge is 1.91. The lowest BCUT2D eigenvalue weighted by atomic mass is 10.5. The summed E-state index contributed by atoms with van der Waals surface area (Å²) in [7, 11) is 0. The Morgan fingerprint density at radius 1 is 1.78 bits per heavy atom. The molecule has 0 amide bonds. The van der Waals surface area contributed by atoms with Crippen molar-refractivity contribution in [1.82, 2.24) is 9.97 Å². The second-order valence-corrected chi connectivity index (χ2v) is 2.81. The van der Waals surface area contributed by atoms with Crippen LogP contribution >= 0.6 is 22.6 Å². The molecule has 48 valence electrons. The van der Waals surface area contributed by atoms with Gasteiger partial charge in [0, 0.05) is 0 Å². The molecule has 0 aliphatic heterocycles. The van der Waals surface area contributed by atoms with Crippen molar-refractivity contribution >= 4 is 22.6 Å². The fraction of sp³-hybridized carbons (Fsp3) is 0.200. The summed E-state index contributed by atoms with van der Waals surface area (Å²) in [5, 5.41) is 0. The molecule has 0 unspecified atom stereocenters. The minimum absolute atomic E-state index is 0.109. The van der Waals surface area contributed by atoms with Gasteiger partial charge < -0.3 is 4.98 Å². The van der Waals surface area contributed by atoms with Gasteiger partial charge in [0.15, 0.2) is 0 Å². The van der Waals surface area contributed by atoms with Crippen LogP contribution in [0.15, 0.2) is 11.0 Å². The van der Waals surface area contributed by atoms with Gasteiger partial charge in [-0.05, 0) is 29.5 Å². The largest absolute Gasteiger partial charge is 0.315 e. The van der Waals surface area contributed by atoms with Crippen molar-refractivity contribution in [1.29, 1.82) is 0 Å². The van der Waals surface area contributed by atoms with E-state index in [-0.39, 0.29) is 5.56 Å². The van der Waals surface area contributed by atoms with E-state index in [0.29, 0.717) is 5.69 Å². The first kappa shape index (κ1) is 6.73. The predicted molar refractivity (Wildman–Crippen MR) is 42.3 cm³/mol. The summed E-state index contributed by atoms with van der Waals surface area (Å²) >= 11 is 2.00. The molecule has 0 radical (unpaired) electrons. The molecule has 0 spiro atoms. The number of aryl methyl sites for hydroxylation is 1. The Bertz CT molecular complexity index is 268. The van der Waals surface area contributed by atoms with Crippen LogP contribution in [0.5, 0.6) is 0 Å². The van der Waals surface area contributed by atoms with Crippen molar-refractivity contribution in [2.75, 3.05) is 0 Å². The molecule has 0 saturated carbocycles. The van der Waals surface area contributed by atoms with E-state index in [1.165, 1.54) is 0 Å². The molecule has 0 fully saturated rings. The highest BCUT2D eigenvalue weighted by molar-refractivity contribution is 14.1. The number of H-pyrrole nitrogens is 1. The second-order valence-electron chi connectivity index (χ2n) is 1.65. The molecule has 0 aliphatic rings. The van der Waals surface area contributed by atoms with Crippen LogP contribution in [0.2, 0.25) is 0 Å². The highest BCUT2D eigenvalue weighted by atomic mass is 127. The number of hydrogen-bond acceptors (Lipinski definition) is 2. The number of halogens is 1. The van der Waals surface area contributed by atoms with E-state index >= 15 is 0 Å². The number of aromatic amines is 1. The Morgan fingerprint density at radius 2 is 2.44 bits per heavy atom. The Labute approximate surface area is 65.7 Å². The van der Waals surface area contributed by atoms with Crippen LogP contribution < -0.4 is 5.56 Å². The molecule has 1 aromatic heterocycles. The maximum absolute atomic E-state index is 10.7. The standard InChI is InChI=1S/C5H5IN2O/c1-3-5(9)8-4(6)2-7-3/h2H,1H3,(H,8,9). The summed E-state index contributed by atoms with van der Waals surface area (Å²) in [5.41, 5.74) is 0.400. The van der Waals surface area contributed by atoms with Gasteiger partial charge >= 0.3 is 0 Å². The van der Waals surface area contributed by atoms with Crippen molar-refractivity contribution in [3.8, 4) is 0 Å². The first-order valence-corrected chi connectivity index (χ1v) is 3.49. The molecule has 3 nitrogen and oxygen atoms in total. The first-order chi connectivity index (χ1) is 4.20. The maximum atomic E-state index is 10.7. The Hall–Kier alpha value is -0.390. The normalized spacial score (nSPS) is 9.56. The molecule has 0 atom stereocenters. The molecule has 1 aromatic rings. The number of aromatic nitrogens is 2. The number of hydrogen-bond donors (Lipinski definition) is 1. The zero-order valence-electron chi connectivity index (χ0n) is 4.81. The lowest BCUT2D eigenvalue weighted by Crippen LogP contribution is -2.11. The Kier molecular flexibility index (Phi) is 1.84. The molecule has 4 heteroatoms. The van der Waals surface area contributed by atoms with Crippen molar-refractivity contribution in [3.63, 3.8) is 0 Å². The third kappa shape index (κ3) is 1.51. The third-order valence-corrected chi connectivity index (χ3v) is 1.48. The molecular weight excluding hydrogens is 231 g/mol. The SMILES string of the molecule is Cc1ncc(I)[nH]c1=O. The smallest absolute Gasteiger partial charge is 0.270 e. The molecule has 0 aliphatic carbocycles. The minimum Gasteiger partial charge on any atom is -0.315 e. The van der Waals surface area contributed by atoms with Crippen LogP contribution in [0.25, 0.3) is 0 Å². The van der Waals surface area contributed by atoms with Gasteiger partial charge in [-0.3, -0.25) is 9.78 Å². The van der Waals surface area contributed by atoms with E-state index in [0.717, 1.165) is 3.70 Å². The van der Waals surface area contributed by atoms with E-state index in [4.69, 9.17) is 0 Å². The quantitative estimate of drug-likeness (QED) is 0.673. The molecule has 0 saturated heterocycles. The van der Waals surface area contributed by atoms with Crippen molar-refractivity contribution in [3.05, 3.63) is 25.9 Å². The lowest BCUT2D eigenvalue weighted by molar-refractivity contribution is 1.04. The number of nitrogens with zero attached hydrogens (tertiary/aromatic N) is 1. The molecule has 9 heavy (non-hydrogen) atoms. The van der Waals surface area contributed by atoms with Gasteiger partial charge in [0.1, 0.15) is 5.69 Å². The minimum atomic E-state index is -0.109. The monoisotopic (exact) mass is 236 g/mol. The molecular formula is C5H5IN2O. The van der Waals surface area contributed by atoms with Gasteiger partial charge in [-0.2, -0.15) is 0 Å². The summed E-state index contributed by atoms with van der Waals surface area (Å²) in [6.45, 7) is 1.68. The zero-order valence-corrected chi connectivity index (χ0v) is 6.97. The third-order valence-electron chi connectivity index (χ3n) is 0.933. The van der Waals surface area contributed by atoms with Crippen molar-refractivity contribution in [2.24, 2.45) is 0 Å². The van der Waals surface area contributed by atoms with Gasteiger partial charge in [0.05, 0.1) is 9.90 Å². The summed E-state index contributed by atoms with van der Waals surface area (Å²) in [5.74, 6) is 0. The van der Waals surface area contributed by atoms with E-state index in [1.54, 1.807) is 13.1 Å². The average molecular weight is 236 g/mol. The van der Waals surface area contributed by atoms with Gasteiger partial charge in [0.2, 0.25) is 0 Å². The van der Waals surface area contributed by atoms with Crippen LogP contribution in [-0.4, -0.2) is 9.97 Å². The van der Waals surface area contributed by atoms with Crippen LogP contribution in [-0.2, 0) is 0 Å². The molecule has 1 rings (SSSR count). The molecule has 0 bridgehead atoms. The molecule has 0 aromatic carbocycles. The highest BCUT2D eigenvalue weighted by Crippen LogP contribution is 1.92. The summed E-state index contributed by atoms with van der Waals surface area (Å²) < 4.78 is 0.767. The molecule has 1 N–H and O–H groups in total. The van der Waals surface area contributed by atoms with E-state index < -0.39 is 0 Å². The van der Waals surface area contributed by atoms with Crippen LogP contribution in [0.3, 0.4) is 0 Å². The summed E-state index contributed by atoms with van der Waals surface area (Å²) in [4.78, 5) is 17.2. The predicted octanol–water partition coefficient (Wildman–Crippen LogP) is 0.683. The van der Waals surface area contributed by atoms with Crippen molar-refractivity contribution < 1.29 is 0 Å². The number of rotatable bonds is 0. The second kappa shape index (κ2) is 2.47. The fourth-order valence-corrected chi connectivity index (χ4v) is 0.828. The van der Waals surface area contributed by atoms with Crippen LogP contribution in [0, 0.1) is 10.6 Å². The average Bonchev–Trinajstić information content (AvgIpc) is 1.80. The fourth-order valence-electron chi connectivity index (χ4n) is 0.443. The van der Waals surface area contributed by atoms with E-state index in [2.05, 4.69) is 9.97 Å². The van der Waals surface area contributed by atoms with E-state index in [9.17, 15) is 4.79 Å². The Balaban J connectivity index is 3.34. The van der Waals surface area contributed by atoms with Crippen LogP contribution in [0.4, 0.5) is 0 Å². The first-order valence-electron chi connectivity index (χ1n) is 2.41. The Morgan fingerprint density at radius 3 is 2.89 bits per heavy atom. The maximum Gasteiger partial charge on any atom is 0.270 e. The van der Waals surface area contributed by atoms with Crippen LogP contribution in [0.1, 0.15) is 5.69 Å². The van der Waals surface area contributed by atoms with E-state index in [1.807, 2.05) is 22.6 Å². The zero-order chi connectivity index (χ0) is 6.85.